The molecule has 170 valence electrons. The van der Waals surface area contributed by atoms with E-state index >= 15 is 0 Å². The second kappa shape index (κ2) is 8.67. The van der Waals surface area contributed by atoms with E-state index < -0.39 is 29.3 Å². The summed E-state index contributed by atoms with van der Waals surface area (Å²) in [6.45, 7) is 3.68. The quantitative estimate of drug-likeness (QED) is 0.336. The van der Waals surface area contributed by atoms with Gasteiger partial charge in [0.25, 0.3) is 5.78 Å². The Morgan fingerprint density at radius 1 is 1.09 bits per heavy atom. The summed E-state index contributed by atoms with van der Waals surface area (Å²) in [6, 6.07) is 8.97. The molecule has 0 spiro atoms. The number of rotatable bonds is 5. The standard InChI is InChI=1S/C24H21FN2O5S/c1-12-13(2)33-24(26-12)27-20(17-11-16(31-3)9-10-18(17)32-4)19(22(29)23(27)30)21(28)14-5-7-15(25)8-6-14/h5-11,20,28H,1-4H3/b21-19+. The normalized spacial score (nSPS) is 17.5. The van der Waals surface area contributed by atoms with Crippen LogP contribution >= 0.6 is 11.3 Å². The number of benzene rings is 2. The molecule has 1 atom stereocenters. The SMILES string of the molecule is COc1ccc(OC)c(C2/C(=C(\O)c3ccc(F)cc3)C(=O)C(=O)N2c2nc(C)c(C)s2)c1. The Hall–Kier alpha value is -3.72. The van der Waals surface area contributed by atoms with Gasteiger partial charge in [0.1, 0.15) is 29.1 Å². The summed E-state index contributed by atoms with van der Waals surface area (Å²) in [7, 11) is 2.96. The van der Waals surface area contributed by atoms with Crippen molar-refractivity contribution in [3.8, 4) is 11.5 Å². The van der Waals surface area contributed by atoms with Gasteiger partial charge in [-0.3, -0.25) is 14.5 Å². The zero-order valence-corrected chi connectivity index (χ0v) is 19.2. The Balaban J connectivity index is 2.01. The number of ketones is 1. The average Bonchev–Trinajstić information content (AvgIpc) is 3.28. The van der Waals surface area contributed by atoms with Gasteiger partial charge in [-0.05, 0) is 56.3 Å². The van der Waals surface area contributed by atoms with Crippen molar-refractivity contribution in [1.82, 2.24) is 4.98 Å². The number of aliphatic hydroxyl groups excluding tert-OH is 1. The molecule has 1 N–H and O–H groups in total. The van der Waals surface area contributed by atoms with Gasteiger partial charge >= 0.3 is 5.91 Å². The lowest BCUT2D eigenvalue weighted by atomic mass is 9.94. The fourth-order valence-corrected chi connectivity index (χ4v) is 4.64. The second-order valence-electron chi connectivity index (χ2n) is 7.42. The number of aliphatic hydroxyl groups is 1. The molecule has 1 amide bonds. The predicted molar refractivity (Wildman–Crippen MR) is 122 cm³/mol. The number of ether oxygens (including phenoxy) is 2. The molecule has 1 aliphatic heterocycles. The summed E-state index contributed by atoms with van der Waals surface area (Å²) in [4.78, 5) is 33.1. The molecule has 1 aliphatic rings. The van der Waals surface area contributed by atoms with Gasteiger partial charge in [0.2, 0.25) is 0 Å². The predicted octanol–water partition coefficient (Wildman–Crippen LogP) is 4.54. The van der Waals surface area contributed by atoms with Gasteiger partial charge in [-0.1, -0.05) is 0 Å². The Kier molecular flexibility index (Phi) is 5.90. The van der Waals surface area contributed by atoms with Crippen LogP contribution in [0.25, 0.3) is 5.76 Å². The lowest BCUT2D eigenvalue weighted by molar-refractivity contribution is -0.132. The molecule has 1 saturated heterocycles. The third-order valence-corrected chi connectivity index (χ3v) is 6.59. The van der Waals surface area contributed by atoms with E-state index in [0.717, 1.165) is 10.6 Å². The summed E-state index contributed by atoms with van der Waals surface area (Å²) in [6.07, 6.45) is 0. The van der Waals surface area contributed by atoms with E-state index in [1.807, 2.05) is 13.8 Å². The number of nitrogens with zero attached hydrogens (tertiary/aromatic N) is 2. The molecule has 2 aromatic carbocycles. The number of Topliss-reactive ketones (excluding diaryl/α,β-unsaturated/α-hetero) is 1. The molecular weight excluding hydrogens is 447 g/mol. The number of anilines is 1. The van der Waals surface area contributed by atoms with Crippen molar-refractivity contribution >= 4 is 33.9 Å². The third kappa shape index (κ3) is 3.84. The van der Waals surface area contributed by atoms with Crippen LogP contribution in [0.5, 0.6) is 11.5 Å². The number of amides is 1. The van der Waals surface area contributed by atoms with Crippen LogP contribution in [0.2, 0.25) is 0 Å². The highest BCUT2D eigenvalue weighted by Crippen LogP contribution is 2.46. The molecule has 1 fully saturated rings. The van der Waals surface area contributed by atoms with E-state index in [9.17, 15) is 19.1 Å². The van der Waals surface area contributed by atoms with Gasteiger partial charge in [-0.25, -0.2) is 9.37 Å². The number of halogens is 1. The van der Waals surface area contributed by atoms with Crippen LogP contribution in [0.3, 0.4) is 0 Å². The summed E-state index contributed by atoms with van der Waals surface area (Å²) < 4.78 is 24.3. The van der Waals surface area contributed by atoms with Crippen LogP contribution < -0.4 is 14.4 Å². The molecule has 3 aromatic rings. The molecule has 1 unspecified atom stereocenters. The van der Waals surface area contributed by atoms with Crippen LogP contribution in [-0.4, -0.2) is 36.0 Å². The minimum atomic E-state index is -1.04. The first kappa shape index (κ1) is 22.5. The fraction of sp³-hybridized carbons (Fsp3) is 0.208. The number of aromatic nitrogens is 1. The summed E-state index contributed by atoms with van der Waals surface area (Å²) in [5.74, 6) is -1.76. The third-order valence-electron chi connectivity index (χ3n) is 5.52. The van der Waals surface area contributed by atoms with E-state index in [1.54, 1.807) is 18.2 Å². The molecule has 33 heavy (non-hydrogen) atoms. The summed E-state index contributed by atoms with van der Waals surface area (Å²) in [5, 5.41) is 11.4. The molecular formula is C24H21FN2O5S. The lowest BCUT2D eigenvalue weighted by Gasteiger charge is -2.25. The second-order valence-corrected chi connectivity index (χ2v) is 8.60. The van der Waals surface area contributed by atoms with Crippen molar-refractivity contribution in [3.63, 3.8) is 0 Å². The number of carbonyl (C=O) groups excluding carboxylic acids is 2. The van der Waals surface area contributed by atoms with Crippen molar-refractivity contribution in [2.75, 3.05) is 19.1 Å². The first-order valence-electron chi connectivity index (χ1n) is 9.99. The minimum absolute atomic E-state index is 0.149. The van der Waals surface area contributed by atoms with Crippen molar-refractivity contribution in [3.05, 3.63) is 75.6 Å². The monoisotopic (exact) mass is 468 g/mol. The Bertz CT molecular complexity index is 1260. The minimum Gasteiger partial charge on any atom is -0.507 e. The highest BCUT2D eigenvalue weighted by atomic mass is 32.1. The van der Waals surface area contributed by atoms with Crippen LogP contribution in [0.1, 0.15) is 27.7 Å². The molecule has 9 heteroatoms. The van der Waals surface area contributed by atoms with E-state index in [0.29, 0.717) is 22.2 Å². The summed E-state index contributed by atoms with van der Waals surface area (Å²) >= 11 is 1.27. The maximum atomic E-state index is 13.4. The van der Waals surface area contributed by atoms with E-state index in [4.69, 9.17) is 9.47 Å². The van der Waals surface area contributed by atoms with Crippen LogP contribution in [0.4, 0.5) is 9.52 Å². The first-order valence-corrected chi connectivity index (χ1v) is 10.8. The number of aryl methyl sites for hydroxylation is 2. The van der Waals surface area contributed by atoms with Crippen molar-refractivity contribution < 1.29 is 28.6 Å². The van der Waals surface area contributed by atoms with Crippen molar-refractivity contribution in [1.29, 1.82) is 0 Å². The fourth-order valence-electron chi connectivity index (χ4n) is 3.70. The highest BCUT2D eigenvalue weighted by Gasteiger charge is 2.49. The molecule has 7 nitrogen and oxygen atoms in total. The molecule has 0 bridgehead atoms. The Labute approximate surface area is 193 Å². The smallest absolute Gasteiger partial charge is 0.301 e. The number of thiazole rings is 1. The number of hydrogen-bond acceptors (Lipinski definition) is 7. The zero-order valence-electron chi connectivity index (χ0n) is 18.4. The number of carbonyl (C=O) groups is 2. The molecule has 0 aliphatic carbocycles. The maximum Gasteiger partial charge on any atom is 0.301 e. The van der Waals surface area contributed by atoms with Gasteiger partial charge in [0, 0.05) is 16.0 Å². The van der Waals surface area contributed by atoms with Gasteiger partial charge in [-0.2, -0.15) is 0 Å². The van der Waals surface area contributed by atoms with E-state index in [2.05, 4.69) is 4.98 Å². The summed E-state index contributed by atoms with van der Waals surface area (Å²) in [5.41, 5.74) is 1.22. The molecule has 1 aromatic heterocycles. The average molecular weight is 469 g/mol. The van der Waals surface area contributed by atoms with Gasteiger partial charge in [-0.15, -0.1) is 11.3 Å². The van der Waals surface area contributed by atoms with Crippen LogP contribution in [0, 0.1) is 19.7 Å². The van der Waals surface area contributed by atoms with Crippen molar-refractivity contribution in [2.24, 2.45) is 0 Å². The molecule has 0 radical (unpaired) electrons. The number of hydrogen-bond donors (Lipinski definition) is 1. The maximum absolute atomic E-state index is 13.4. The Morgan fingerprint density at radius 3 is 2.36 bits per heavy atom. The van der Waals surface area contributed by atoms with Crippen LogP contribution in [0.15, 0.2) is 48.0 Å². The van der Waals surface area contributed by atoms with Gasteiger partial charge < -0.3 is 14.6 Å². The van der Waals surface area contributed by atoms with E-state index in [1.165, 1.54) is 54.7 Å². The van der Waals surface area contributed by atoms with Gasteiger partial charge in [0.15, 0.2) is 5.13 Å². The zero-order chi connectivity index (χ0) is 23.9. The van der Waals surface area contributed by atoms with Crippen molar-refractivity contribution in [2.45, 2.75) is 19.9 Å². The van der Waals surface area contributed by atoms with Crippen LogP contribution in [-0.2, 0) is 9.59 Å². The highest BCUT2D eigenvalue weighted by molar-refractivity contribution is 7.16. The van der Waals surface area contributed by atoms with E-state index in [-0.39, 0.29) is 11.1 Å². The first-order chi connectivity index (χ1) is 15.8. The Morgan fingerprint density at radius 2 is 1.79 bits per heavy atom. The molecule has 0 saturated carbocycles. The largest absolute Gasteiger partial charge is 0.507 e. The van der Waals surface area contributed by atoms with Gasteiger partial charge in [0.05, 0.1) is 25.5 Å². The molecule has 4 rings (SSSR count). The topological polar surface area (TPSA) is 89.0 Å². The molecule has 2 heterocycles. The lowest BCUT2D eigenvalue weighted by Crippen LogP contribution is -2.29. The number of methoxy groups -OCH3 is 2.